The summed E-state index contributed by atoms with van der Waals surface area (Å²) in [4.78, 5) is 14.4. The lowest BCUT2D eigenvalue weighted by molar-refractivity contribution is -0.422. The first-order valence-electron chi connectivity index (χ1n) is 4.59. The Labute approximate surface area is 92.8 Å². The van der Waals surface area contributed by atoms with Gasteiger partial charge in [-0.1, -0.05) is 20.8 Å². The lowest BCUT2D eigenvalue weighted by atomic mass is 9.98. The van der Waals surface area contributed by atoms with Crippen LogP contribution in [0.3, 0.4) is 0 Å². The van der Waals surface area contributed by atoms with Crippen molar-refractivity contribution < 1.29 is 4.92 Å². The largest absolute Gasteiger partial charge is 0.259 e. The van der Waals surface area contributed by atoms with Crippen molar-refractivity contribution in [2.24, 2.45) is 0 Å². The lowest BCUT2D eigenvalue weighted by Gasteiger charge is -2.13. The number of hydrogen-bond acceptors (Lipinski definition) is 4. The zero-order valence-electron chi connectivity index (χ0n) is 9.27. The molecule has 82 valence electrons. The van der Waals surface area contributed by atoms with Gasteiger partial charge in [-0.25, -0.2) is 4.98 Å². The standard InChI is InChI=1S/C10H14N2O2S/c1-7(12(13)14)5-8-6-15-9(11-8)10(2,3)4/h5-6H,1-4H3/b7-5+. The predicted molar refractivity (Wildman–Crippen MR) is 61.5 cm³/mol. The second-order valence-electron chi connectivity index (χ2n) is 4.37. The van der Waals surface area contributed by atoms with Gasteiger partial charge in [0, 0.05) is 23.8 Å². The highest BCUT2D eigenvalue weighted by atomic mass is 32.1. The van der Waals surface area contributed by atoms with Crippen molar-refractivity contribution in [3.05, 3.63) is 31.9 Å². The van der Waals surface area contributed by atoms with Crippen molar-refractivity contribution in [2.45, 2.75) is 33.1 Å². The number of rotatable bonds is 2. The predicted octanol–water partition coefficient (Wildman–Crippen LogP) is 3.08. The number of nitro groups is 1. The summed E-state index contributed by atoms with van der Waals surface area (Å²) in [6.07, 6.45) is 1.49. The van der Waals surface area contributed by atoms with Crippen LogP contribution in [-0.4, -0.2) is 9.91 Å². The van der Waals surface area contributed by atoms with Crippen LogP contribution in [0.5, 0.6) is 0 Å². The van der Waals surface area contributed by atoms with Crippen molar-refractivity contribution in [3.8, 4) is 0 Å². The maximum atomic E-state index is 10.4. The second-order valence-corrected chi connectivity index (χ2v) is 5.23. The van der Waals surface area contributed by atoms with E-state index in [2.05, 4.69) is 25.8 Å². The number of thiazole rings is 1. The van der Waals surface area contributed by atoms with E-state index in [4.69, 9.17) is 0 Å². The minimum Gasteiger partial charge on any atom is -0.259 e. The van der Waals surface area contributed by atoms with Gasteiger partial charge in [-0.15, -0.1) is 11.3 Å². The summed E-state index contributed by atoms with van der Waals surface area (Å²) in [5.41, 5.74) is 0.777. The van der Waals surface area contributed by atoms with Gasteiger partial charge in [0.1, 0.15) is 0 Å². The molecule has 0 spiro atoms. The van der Waals surface area contributed by atoms with Crippen LogP contribution in [0.15, 0.2) is 11.1 Å². The number of hydrogen-bond donors (Lipinski definition) is 0. The zero-order chi connectivity index (χ0) is 11.6. The van der Waals surface area contributed by atoms with E-state index in [1.165, 1.54) is 24.3 Å². The molecule has 15 heavy (non-hydrogen) atoms. The van der Waals surface area contributed by atoms with Crippen LogP contribution in [0.1, 0.15) is 38.4 Å². The van der Waals surface area contributed by atoms with Crippen molar-refractivity contribution in [1.29, 1.82) is 0 Å². The van der Waals surface area contributed by atoms with Crippen molar-refractivity contribution in [3.63, 3.8) is 0 Å². The molecule has 0 amide bonds. The van der Waals surface area contributed by atoms with Crippen LogP contribution in [0, 0.1) is 10.1 Å². The van der Waals surface area contributed by atoms with Gasteiger partial charge in [-0.3, -0.25) is 10.1 Å². The highest BCUT2D eigenvalue weighted by molar-refractivity contribution is 7.09. The second kappa shape index (κ2) is 4.10. The van der Waals surface area contributed by atoms with Gasteiger partial charge in [0.2, 0.25) is 5.70 Å². The molecule has 0 saturated heterocycles. The third-order valence-corrected chi connectivity index (χ3v) is 3.09. The minimum absolute atomic E-state index is 0.000716. The maximum Gasteiger partial charge on any atom is 0.245 e. The molecule has 1 aromatic heterocycles. The first-order chi connectivity index (χ1) is 6.80. The Balaban J connectivity index is 2.96. The monoisotopic (exact) mass is 226 g/mol. The van der Waals surface area contributed by atoms with Crippen LogP contribution >= 0.6 is 11.3 Å². The van der Waals surface area contributed by atoms with Gasteiger partial charge in [0.15, 0.2) is 0 Å². The molecule has 1 rings (SSSR count). The highest BCUT2D eigenvalue weighted by Gasteiger charge is 2.17. The molecule has 0 aliphatic rings. The Morgan fingerprint density at radius 1 is 1.60 bits per heavy atom. The fraction of sp³-hybridized carbons (Fsp3) is 0.500. The van der Waals surface area contributed by atoms with Crippen LogP contribution in [0.2, 0.25) is 0 Å². The first kappa shape index (κ1) is 11.8. The molecule has 0 aromatic carbocycles. The SMILES string of the molecule is C/C(=C\c1csc(C(C)(C)C)n1)[N+](=O)[O-]. The molecule has 1 heterocycles. The molecule has 0 atom stereocenters. The quantitative estimate of drug-likeness (QED) is 0.575. The Hall–Kier alpha value is -1.23. The minimum atomic E-state index is -0.407. The van der Waals surface area contributed by atoms with Gasteiger partial charge in [0.25, 0.3) is 0 Å². The van der Waals surface area contributed by atoms with Gasteiger partial charge in [-0.2, -0.15) is 0 Å². The third kappa shape index (κ3) is 3.13. The molecule has 0 unspecified atom stereocenters. The van der Waals surface area contributed by atoms with E-state index < -0.39 is 4.92 Å². The smallest absolute Gasteiger partial charge is 0.245 e. The molecule has 5 heteroatoms. The highest BCUT2D eigenvalue weighted by Crippen LogP contribution is 2.26. The van der Waals surface area contributed by atoms with Gasteiger partial charge in [-0.05, 0) is 0 Å². The van der Waals surface area contributed by atoms with Gasteiger partial charge < -0.3 is 0 Å². The van der Waals surface area contributed by atoms with E-state index in [-0.39, 0.29) is 11.1 Å². The molecule has 1 aromatic rings. The fourth-order valence-electron chi connectivity index (χ4n) is 0.964. The van der Waals surface area contributed by atoms with E-state index in [1.54, 1.807) is 0 Å². The van der Waals surface area contributed by atoms with E-state index in [1.807, 2.05) is 5.38 Å². The normalized spacial score (nSPS) is 12.9. The van der Waals surface area contributed by atoms with E-state index in [0.29, 0.717) is 5.69 Å². The summed E-state index contributed by atoms with van der Waals surface area (Å²) in [5.74, 6) is 0. The molecule has 0 aliphatic carbocycles. The molecule has 0 N–H and O–H groups in total. The lowest BCUT2D eigenvalue weighted by Crippen LogP contribution is -2.10. The summed E-state index contributed by atoms with van der Waals surface area (Å²) in [6, 6.07) is 0. The summed E-state index contributed by atoms with van der Waals surface area (Å²) in [6.45, 7) is 7.68. The van der Waals surface area contributed by atoms with Crippen molar-refractivity contribution in [1.82, 2.24) is 4.98 Å². The van der Waals surface area contributed by atoms with E-state index in [9.17, 15) is 10.1 Å². The van der Waals surface area contributed by atoms with E-state index >= 15 is 0 Å². The summed E-state index contributed by atoms with van der Waals surface area (Å²) in [5, 5.41) is 13.3. The maximum absolute atomic E-state index is 10.4. The number of allylic oxidation sites excluding steroid dienone is 1. The average Bonchev–Trinajstić information content (AvgIpc) is 2.51. The summed E-state index contributed by atoms with van der Waals surface area (Å²) < 4.78 is 0. The molecule has 0 aliphatic heterocycles. The first-order valence-corrected chi connectivity index (χ1v) is 5.47. The van der Waals surface area contributed by atoms with Crippen LogP contribution in [-0.2, 0) is 5.41 Å². The van der Waals surface area contributed by atoms with Gasteiger partial charge >= 0.3 is 0 Å². The van der Waals surface area contributed by atoms with Crippen molar-refractivity contribution >= 4 is 17.4 Å². The average molecular weight is 226 g/mol. The molecule has 0 radical (unpaired) electrons. The summed E-state index contributed by atoms with van der Waals surface area (Å²) in [7, 11) is 0. The molecule has 0 bridgehead atoms. The third-order valence-electron chi connectivity index (χ3n) is 1.81. The van der Waals surface area contributed by atoms with E-state index in [0.717, 1.165) is 5.01 Å². The Bertz CT molecular complexity index is 402. The molecular formula is C10H14N2O2S. The van der Waals surface area contributed by atoms with Crippen LogP contribution in [0.25, 0.3) is 6.08 Å². The molecule has 4 nitrogen and oxygen atoms in total. The fourth-order valence-corrected chi connectivity index (χ4v) is 1.83. The number of aromatic nitrogens is 1. The topological polar surface area (TPSA) is 56.0 Å². The molecule has 0 saturated carbocycles. The van der Waals surface area contributed by atoms with Crippen molar-refractivity contribution in [2.75, 3.05) is 0 Å². The molecular weight excluding hydrogens is 212 g/mol. The summed E-state index contributed by atoms with van der Waals surface area (Å²) >= 11 is 1.53. The number of nitrogens with zero attached hydrogens (tertiary/aromatic N) is 2. The van der Waals surface area contributed by atoms with Gasteiger partial charge in [0.05, 0.1) is 15.6 Å². The zero-order valence-corrected chi connectivity index (χ0v) is 10.1. The van der Waals surface area contributed by atoms with Crippen LogP contribution < -0.4 is 0 Å². The van der Waals surface area contributed by atoms with Crippen LogP contribution in [0.4, 0.5) is 0 Å². The Kier molecular flexibility index (Phi) is 3.24. The Morgan fingerprint density at radius 3 is 2.60 bits per heavy atom. The Morgan fingerprint density at radius 2 is 2.20 bits per heavy atom. The molecule has 0 fully saturated rings.